The van der Waals surface area contributed by atoms with E-state index in [9.17, 15) is 0 Å². The smallest absolute Gasteiger partial charge is 0.0323 e. The Labute approximate surface area is 109 Å². The first-order chi connectivity index (χ1) is 8.31. The zero-order valence-electron chi connectivity index (χ0n) is 10.9. The topological polar surface area (TPSA) is 12.0 Å². The van der Waals surface area contributed by atoms with Crippen LogP contribution in [0, 0.1) is 0 Å². The first-order valence-electron chi connectivity index (χ1n) is 6.74. The maximum atomic E-state index is 3.86. The molecular weight excluding hydrogens is 226 g/mol. The number of thioether (sulfide) groups is 1. The molecule has 1 aliphatic heterocycles. The molecular formula is C15H23NS. The van der Waals surface area contributed by atoms with Crippen molar-refractivity contribution in [2.24, 2.45) is 0 Å². The quantitative estimate of drug-likeness (QED) is 0.846. The highest BCUT2D eigenvalue weighted by Crippen LogP contribution is 2.29. The van der Waals surface area contributed by atoms with E-state index in [1.54, 1.807) is 0 Å². The molecule has 1 saturated heterocycles. The van der Waals surface area contributed by atoms with E-state index in [1.807, 2.05) is 0 Å². The van der Waals surface area contributed by atoms with Crippen LogP contribution in [0.3, 0.4) is 0 Å². The lowest BCUT2D eigenvalue weighted by molar-refractivity contribution is 0.412. The maximum absolute atomic E-state index is 3.86. The Morgan fingerprint density at radius 2 is 2.12 bits per heavy atom. The fraction of sp³-hybridized carbons (Fsp3) is 0.600. The van der Waals surface area contributed by atoms with Gasteiger partial charge in [0, 0.05) is 17.3 Å². The normalized spacial score (nSPS) is 26.0. The van der Waals surface area contributed by atoms with Gasteiger partial charge in [-0.1, -0.05) is 50.6 Å². The van der Waals surface area contributed by atoms with E-state index in [0.29, 0.717) is 12.1 Å². The summed E-state index contributed by atoms with van der Waals surface area (Å²) < 4.78 is 0. The third-order valence-electron chi connectivity index (χ3n) is 3.57. The molecule has 94 valence electrons. The SMILES string of the molecule is CCCC(NC1CCSC1C)c1ccccc1. The minimum atomic E-state index is 0.535. The lowest BCUT2D eigenvalue weighted by Gasteiger charge is -2.25. The van der Waals surface area contributed by atoms with E-state index < -0.39 is 0 Å². The van der Waals surface area contributed by atoms with Crippen molar-refractivity contribution in [3.63, 3.8) is 0 Å². The molecule has 0 amide bonds. The fourth-order valence-corrected chi connectivity index (χ4v) is 3.74. The van der Waals surface area contributed by atoms with Crippen LogP contribution in [0.4, 0.5) is 0 Å². The Bertz CT molecular complexity index is 325. The molecule has 3 atom stereocenters. The molecule has 1 aliphatic rings. The molecule has 1 nitrogen and oxygen atoms in total. The summed E-state index contributed by atoms with van der Waals surface area (Å²) in [5, 5.41) is 4.62. The molecule has 3 unspecified atom stereocenters. The van der Waals surface area contributed by atoms with Gasteiger partial charge in [-0.25, -0.2) is 0 Å². The standard InChI is InChI=1S/C15H23NS/c1-3-7-15(13-8-5-4-6-9-13)16-14-10-11-17-12(14)2/h4-6,8-9,12,14-16H,3,7,10-11H2,1-2H3. The summed E-state index contributed by atoms with van der Waals surface area (Å²) in [6.45, 7) is 4.62. The maximum Gasteiger partial charge on any atom is 0.0323 e. The average Bonchev–Trinajstić information content (AvgIpc) is 2.76. The molecule has 1 aromatic carbocycles. The van der Waals surface area contributed by atoms with Crippen LogP contribution in [0.25, 0.3) is 0 Å². The highest BCUT2D eigenvalue weighted by molar-refractivity contribution is 8.00. The third kappa shape index (κ3) is 3.49. The average molecular weight is 249 g/mol. The van der Waals surface area contributed by atoms with E-state index in [2.05, 4.69) is 61.3 Å². The largest absolute Gasteiger partial charge is 0.306 e. The second-order valence-electron chi connectivity index (χ2n) is 4.89. The molecule has 0 aliphatic carbocycles. The molecule has 2 rings (SSSR count). The molecule has 0 aromatic heterocycles. The molecule has 0 saturated carbocycles. The van der Waals surface area contributed by atoms with Crippen molar-refractivity contribution >= 4 is 11.8 Å². The Kier molecular flexibility index (Phi) is 4.93. The zero-order valence-corrected chi connectivity index (χ0v) is 11.7. The van der Waals surface area contributed by atoms with Crippen molar-refractivity contribution in [1.29, 1.82) is 0 Å². The summed E-state index contributed by atoms with van der Waals surface area (Å²) in [5.41, 5.74) is 1.44. The van der Waals surface area contributed by atoms with Gasteiger partial charge in [-0.3, -0.25) is 0 Å². The van der Waals surface area contributed by atoms with Gasteiger partial charge in [-0.05, 0) is 24.2 Å². The number of nitrogens with one attached hydrogen (secondary N) is 1. The summed E-state index contributed by atoms with van der Waals surface area (Å²) in [4.78, 5) is 0. The molecule has 0 bridgehead atoms. The van der Waals surface area contributed by atoms with Crippen LogP contribution in [-0.2, 0) is 0 Å². The van der Waals surface area contributed by atoms with E-state index in [-0.39, 0.29) is 0 Å². The van der Waals surface area contributed by atoms with Gasteiger partial charge in [0.15, 0.2) is 0 Å². The zero-order chi connectivity index (χ0) is 12.1. The van der Waals surface area contributed by atoms with Gasteiger partial charge in [0.05, 0.1) is 0 Å². The minimum absolute atomic E-state index is 0.535. The van der Waals surface area contributed by atoms with Crippen LogP contribution in [-0.4, -0.2) is 17.0 Å². The van der Waals surface area contributed by atoms with Gasteiger partial charge >= 0.3 is 0 Å². The molecule has 0 radical (unpaired) electrons. The van der Waals surface area contributed by atoms with Gasteiger partial charge in [-0.15, -0.1) is 0 Å². The predicted octanol–water partition coefficient (Wildman–Crippen LogP) is 4.01. The molecule has 1 N–H and O–H groups in total. The van der Waals surface area contributed by atoms with Crippen molar-refractivity contribution in [2.75, 3.05) is 5.75 Å². The summed E-state index contributed by atoms with van der Waals surface area (Å²) in [7, 11) is 0. The molecule has 1 aromatic rings. The van der Waals surface area contributed by atoms with E-state index in [0.717, 1.165) is 5.25 Å². The highest BCUT2D eigenvalue weighted by atomic mass is 32.2. The van der Waals surface area contributed by atoms with Gasteiger partial charge in [0.1, 0.15) is 0 Å². The summed E-state index contributed by atoms with van der Waals surface area (Å²) in [5.74, 6) is 1.31. The number of benzene rings is 1. The Morgan fingerprint density at radius 1 is 1.35 bits per heavy atom. The first kappa shape index (κ1) is 13.0. The Balaban J connectivity index is 2.02. The summed E-state index contributed by atoms with van der Waals surface area (Å²) >= 11 is 2.10. The molecule has 1 fully saturated rings. The number of hydrogen-bond acceptors (Lipinski definition) is 2. The predicted molar refractivity (Wildman–Crippen MR) is 77.6 cm³/mol. The van der Waals surface area contributed by atoms with Crippen LogP contribution >= 0.6 is 11.8 Å². The summed E-state index contributed by atoms with van der Waals surface area (Å²) in [6.07, 6.45) is 3.79. The van der Waals surface area contributed by atoms with Gasteiger partial charge in [0.25, 0.3) is 0 Å². The highest BCUT2D eigenvalue weighted by Gasteiger charge is 2.26. The third-order valence-corrected chi connectivity index (χ3v) is 4.90. The molecule has 17 heavy (non-hydrogen) atoms. The van der Waals surface area contributed by atoms with Gasteiger partial charge in [0.2, 0.25) is 0 Å². The second kappa shape index (κ2) is 6.46. The number of hydrogen-bond donors (Lipinski definition) is 1. The van der Waals surface area contributed by atoms with Crippen LogP contribution in [0.2, 0.25) is 0 Å². The van der Waals surface area contributed by atoms with Crippen molar-refractivity contribution in [3.05, 3.63) is 35.9 Å². The van der Waals surface area contributed by atoms with Crippen LogP contribution < -0.4 is 5.32 Å². The van der Waals surface area contributed by atoms with Crippen molar-refractivity contribution < 1.29 is 0 Å². The Morgan fingerprint density at radius 3 is 2.71 bits per heavy atom. The number of rotatable bonds is 5. The summed E-state index contributed by atoms with van der Waals surface area (Å²) in [6, 6.07) is 12.1. The second-order valence-corrected chi connectivity index (χ2v) is 6.37. The monoisotopic (exact) mass is 249 g/mol. The molecule has 1 heterocycles. The first-order valence-corrected chi connectivity index (χ1v) is 7.78. The van der Waals surface area contributed by atoms with Crippen LogP contribution in [0.5, 0.6) is 0 Å². The fourth-order valence-electron chi connectivity index (χ4n) is 2.53. The molecule has 0 spiro atoms. The van der Waals surface area contributed by atoms with Gasteiger partial charge in [-0.2, -0.15) is 11.8 Å². The van der Waals surface area contributed by atoms with Gasteiger partial charge < -0.3 is 5.32 Å². The van der Waals surface area contributed by atoms with Crippen LogP contribution in [0.15, 0.2) is 30.3 Å². The van der Waals surface area contributed by atoms with E-state index in [1.165, 1.54) is 30.6 Å². The molecule has 2 heteroatoms. The van der Waals surface area contributed by atoms with Crippen LogP contribution in [0.1, 0.15) is 44.7 Å². The van der Waals surface area contributed by atoms with E-state index in [4.69, 9.17) is 0 Å². The minimum Gasteiger partial charge on any atom is -0.306 e. The lowest BCUT2D eigenvalue weighted by atomic mass is 10.00. The van der Waals surface area contributed by atoms with Crippen molar-refractivity contribution in [3.8, 4) is 0 Å². The van der Waals surface area contributed by atoms with E-state index >= 15 is 0 Å². The van der Waals surface area contributed by atoms with Crippen molar-refractivity contribution in [2.45, 2.75) is 50.4 Å². The Hall–Kier alpha value is -0.470. The lowest BCUT2D eigenvalue weighted by Crippen LogP contribution is -2.36. The van der Waals surface area contributed by atoms with Crippen molar-refractivity contribution in [1.82, 2.24) is 5.32 Å².